The molecule has 0 nitrogen and oxygen atoms in total. The first-order chi connectivity index (χ1) is 6.59. The van der Waals surface area contributed by atoms with Crippen molar-refractivity contribution < 1.29 is 21.7 Å². The zero-order valence-corrected chi connectivity index (χ0v) is 14.0. The van der Waals surface area contributed by atoms with Crippen molar-refractivity contribution in [2.45, 2.75) is 34.1 Å². The van der Waals surface area contributed by atoms with Gasteiger partial charge in [0.05, 0.1) is 0 Å². The summed E-state index contributed by atoms with van der Waals surface area (Å²) in [6.45, 7) is 8.47. The van der Waals surface area contributed by atoms with E-state index in [4.69, 9.17) is 0 Å². The summed E-state index contributed by atoms with van der Waals surface area (Å²) in [6.07, 6.45) is 13.7. The normalized spacial score (nSPS) is 19.5. The average Bonchev–Trinajstić information content (AvgIpc) is 2.65. The average molecular weight is 307 g/mol. The Hall–Kier alpha value is 0.254. The van der Waals surface area contributed by atoms with Gasteiger partial charge in [-0.15, -0.1) is 38.2 Å². The van der Waals surface area contributed by atoms with Crippen LogP contribution in [0.1, 0.15) is 34.1 Å². The van der Waals surface area contributed by atoms with Crippen LogP contribution in [0.5, 0.6) is 0 Å². The van der Waals surface area contributed by atoms with E-state index in [0.29, 0.717) is 5.92 Å². The summed E-state index contributed by atoms with van der Waals surface area (Å²) >= 11 is 0. The first-order valence-corrected chi connectivity index (χ1v) is 5.11. The Bertz CT molecular complexity index is 325. The van der Waals surface area contributed by atoms with E-state index >= 15 is 0 Å². The fraction of sp³-hybridized carbons (Fsp3) is 0.429. The molecular formula is C14H20Cl2Ti. The molecular weight excluding hydrogens is 287 g/mol. The molecule has 0 amide bonds. The smallest absolute Gasteiger partial charge is 0.272 e. The minimum Gasteiger partial charge on any atom is -0.272 e. The monoisotopic (exact) mass is 306 g/mol. The van der Waals surface area contributed by atoms with E-state index < -0.39 is 0 Å². The van der Waals surface area contributed by atoms with Crippen LogP contribution in [0.4, 0.5) is 0 Å². The number of rotatable bonds is 0. The van der Waals surface area contributed by atoms with Crippen molar-refractivity contribution in [3.05, 3.63) is 47.1 Å². The SMILES string of the molecule is CC1=C(C)C[C-]=C1.CC1=[C-]C(C)C=C1.Cl.Cl.[Ti+2]. The van der Waals surface area contributed by atoms with Crippen LogP contribution in [-0.2, 0) is 21.7 Å². The molecule has 0 aliphatic heterocycles. The molecule has 94 valence electrons. The molecule has 0 fully saturated rings. The van der Waals surface area contributed by atoms with Gasteiger partial charge in [-0.1, -0.05) is 26.7 Å². The fourth-order valence-electron chi connectivity index (χ4n) is 1.36. The summed E-state index contributed by atoms with van der Waals surface area (Å²) in [5.41, 5.74) is 4.12. The number of halogens is 2. The van der Waals surface area contributed by atoms with Gasteiger partial charge in [-0.3, -0.25) is 12.2 Å². The summed E-state index contributed by atoms with van der Waals surface area (Å²) in [5.74, 6) is 0.556. The Morgan fingerprint density at radius 3 is 1.88 bits per heavy atom. The molecule has 2 aliphatic rings. The Kier molecular flexibility index (Phi) is 15.0. The molecule has 0 N–H and O–H groups in total. The quantitative estimate of drug-likeness (QED) is 0.442. The minimum absolute atomic E-state index is 0. The largest absolute Gasteiger partial charge is 2.00 e. The molecule has 0 radical (unpaired) electrons. The first kappa shape index (κ1) is 22.4. The van der Waals surface area contributed by atoms with Crippen molar-refractivity contribution in [1.29, 1.82) is 0 Å². The van der Waals surface area contributed by atoms with Gasteiger partial charge < -0.3 is 0 Å². The van der Waals surface area contributed by atoms with E-state index in [1.165, 1.54) is 16.7 Å². The second kappa shape index (κ2) is 11.4. The van der Waals surface area contributed by atoms with Crippen LogP contribution in [0.2, 0.25) is 0 Å². The molecule has 1 atom stereocenters. The van der Waals surface area contributed by atoms with Crippen LogP contribution in [0, 0.1) is 18.1 Å². The van der Waals surface area contributed by atoms with Crippen molar-refractivity contribution in [3.63, 3.8) is 0 Å². The van der Waals surface area contributed by atoms with Gasteiger partial charge in [0.25, 0.3) is 0 Å². The maximum Gasteiger partial charge on any atom is 2.00 e. The topological polar surface area (TPSA) is 0 Å². The molecule has 2 aliphatic carbocycles. The number of allylic oxidation sites excluding steroid dienone is 8. The number of hydrogen-bond acceptors (Lipinski definition) is 0. The molecule has 0 heterocycles. The molecule has 1 unspecified atom stereocenters. The number of hydrogen-bond donors (Lipinski definition) is 0. The summed E-state index contributed by atoms with van der Waals surface area (Å²) in [6, 6.07) is 0. The molecule has 3 heteroatoms. The summed E-state index contributed by atoms with van der Waals surface area (Å²) in [4.78, 5) is 0. The van der Waals surface area contributed by atoms with Gasteiger partial charge in [0.15, 0.2) is 0 Å². The molecule has 0 saturated heterocycles. The maximum atomic E-state index is 3.22. The Labute approximate surface area is 133 Å². The van der Waals surface area contributed by atoms with Crippen molar-refractivity contribution in [1.82, 2.24) is 0 Å². The van der Waals surface area contributed by atoms with Crippen LogP contribution < -0.4 is 0 Å². The fourth-order valence-corrected chi connectivity index (χ4v) is 1.36. The first-order valence-electron chi connectivity index (χ1n) is 5.11. The minimum atomic E-state index is 0. The van der Waals surface area contributed by atoms with Gasteiger partial charge in [-0.25, -0.2) is 23.3 Å². The van der Waals surface area contributed by atoms with Crippen LogP contribution >= 0.6 is 24.8 Å². The van der Waals surface area contributed by atoms with E-state index in [2.05, 4.69) is 58.1 Å². The molecule has 0 bridgehead atoms. The standard InChI is InChI=1S/2C7H9.2ClH.Ti/c1-6-3-4-7(2)5-6;1-6-4-3-5-7(6)2;;;/h3-4,6H,1-2H3;4H,5H2,1-2H3;2*1H;/q2*-1;;;+2. The molecule has 0 aromatic rings. The molecule has 0 saturated carbocycles. The summed E-state index contributed by atoms with van der Waals surface area (Å²) < 4.78 is 0. The molecule has 2 rings (SSSR count). The zero-order chi connectivity index (χ0) is 10.6. The van der Waals surface area contributed by atoms with Gasteiger partial charge in [0, 0.05) is 0 Å². The van der Waals surface area contributed by atoms with Crippen molar-refractivity contribution in [2.24, 2.45) is 5.92 Å². The van der Waals surface area contributed by atoms with E-state index in [-0.39, 0.29) is 46.5 Å². The second-order valence-electron chi connectivity index (χ2n) is 3.96. The molecule has 0 aromatic heterocycles. The van der Waals surface area contributed by atoms with Crippen molar-refractivity contribution in [2.75, 3.05) is 0 Å². The van der Waals surface area contributed by atoms with Crippen LogP contribution in [0.3, 0.4) is 0 Å². The predicted octanol–water partition coefficient (Wildman–Crippen LogP) is 4.87. The van der Waals surface area contributed by atoms with Gasteiger partial charge >= 0.3 is 21.7 Å². The Morgan fingerprint density at radius 1 is 1.18 bits per heavy atom. The Morgan fingerprint density at radius 2 is 1.76 bits per heavy atom. The Balaban J connectivity index is -0.000000196. The van der Waals surface area contributed by atoms with Crippen LogP contribution in [0.25, 0.3) is 0 Å². The third-order valence-electron chi connectivity index (χ3n) is 2.45. The van der Waals surface area contributed by atoms with Crippen molar-refractivity contribution >= 4 is 24.8 Å². The maximum absolute atomic E-state index is 3.22. The van der Waals surface area contributed by atoms with Gasteiger partial charge in [-0.2, -0.15) is 11.6 Å². The van der Waals surface area contributed by atoms with E-state index in [9.17, 15) is 0 Å². The van der Waals surface area contributed by atoms with Crippen molar-refractivity contribution in [3.8, 4) is 0 Å². The molecule has 0 aromatic carbocycles. The van der Waals surface area contributed by atoms with E-state index in [0.717, 1.165) is 6.42 Å². The third-order valence-corrected chi connectivity index (χ3v) is 2.45. The molecule has 0 spiro atoms. The third kappa shape index (κ3) is 8.91. The van der Waals surface area contributed by atoms with E-state index in [1.807, 2.05) is 0 Å². The van der Waals surface area contributed by atoms with E-state index in [1.54, 1.807) is 0 Å². The second-order valence-corrected chi connectivity index (χ2v) is 3.96. The zero-order valence-electron chi connectivity index (χ0n) is 10.8. The summed E-state index contributed by atoms with van der Waals surface area (Å²) in [7, 11) is 0. The van der Waals surface area contributed by atoms with Crippen LogP contribution in [-0.4, -0.2) is 0 Å². The predicted molar refractivity (Wildman–Crippen MR) is 76.0 cm³/mol. The van der Waals surface area contributed by atoms with Gasteiger partial charge in [0.2, 0.25) is 0 Å². The summed E-state index contributed by atoms with van der Waals surface area (Å²) in [5, 5.41) is 0. The van der Waals surface area contributed by atoms with Crippen LogP contribution in [0.15, 0.2) is 34.9 Å². The van der Waals surface area contributed by atoms with Gasteiger partial charge in [0.1, 0.15) is 0 Å². The van der Waals surface area contributed by atoms with Gasteiger partial charge in [-0.05, 0) is 0 Å². The molecule has 17 heavy (non-hydrogen) atoms.